The number of aryl methyl sites for hydroxylation is 1. The van der Waals surface area contributed by atoms with Gasteiger partial charge in [-0.25, -0.2) is 0 Å². The van der Waals surface area contributed by atoms with E-state index in [0.29, 0.717) is 6.54 Å². The van der Waals surface area contributed by atoms with Crippen LogP contribution in [0.15, 0.2) is 42.7 Å². The van der Waals surface area contributed by atoms with Gasteiger partial charge in [-0.05, 0) is 31.0 Å². The predicted octanol–water partition coefficient (Wildman–Crippen LogP) is 2.45. The lowest BCUT2D eigenvalue weighted by molar-refractivity contribution is 0.267. The maximum atomic E-state index is 9.12. The Balaban J connectivity index is 0.00000243. The zero-order chi connectivity index (χ0) is 17.6. The van der Waals surface area contributed by atoms with Crippen LogP contribution in [0, 0.1) is 13.8 Å². The lowest BCUT2D eigenvalue weighted by Gasteiger charge is -2.11. The topological polar surface area (TPSA) is 67.9 Å². The van der Waals surface area contributed by atoms with Crippen LogP contribution in [0.3, 0.4) is 0 Å². The van der Waals surface area contributed by atoms with Gasteiger partial charge in [-0.2, -0.15) is 10.2 Å². The van der Waals surface area contributed by atoms with Crippen molar-refractivity contribution in [3.8, 4) is 0 Å². The minimum absolute atomic E-state index is 0. The van der Waals surface area contributed by atoms with Gasteiger partial charge in [-0.1, -0.05) is 24.3 Å². The first kappa shape index (κ1) is 20.2. The van der Waals surface area contributed by atoms with Crippen LogP contribution in [0.1, 0.15) is 28.1 Å². The number of aliphatic hydroxyl groups excluding tert-OH is 1. The van der Waals surface area contributed by atoms with E-state index in [1.807, 2.05) is 28.6 Å². The van der Waals surface area contributed by atoms with E-state index in [1.54, 1.807) is 6.20 Å². The van der Waals surface area contributed by atoms with Gasteiger partial charge >= 0.3 is 0 Å². The van der Waals surface area contributed by atoms with E-state index >= 15 is 0 Å². The highest BCUT2D eigenvalue weighted by Gasteiger charge is 2.11. The van der Waals surface area contributed by atoms with Crippen molar-refractivity contribution < 1.29 is 5.11 Å². The number of hydrogen-bond donors (Lipinski definition) is 2. The molecule has 0 spiro atoms. The fraction of sp³-hybridized carbons (Fsp3) is 0.368. The molecule has 2 heterocycles. The number of aromatic nitrogens is 4. The molecule has 140 valence electrons. The van der Waals surface area contributed by atoms with E-state index in [4.69, 9.17) is 5.11 Å². The Hall–Kier alpha value is -2.15. The average molecular weight is 376 g/mol. The van der Waals surface area contributed by atoms with Crippen LogP contribution in [-0.4, -0.2) is 31.3 Å². The van der Waals surface area contributed by atoms with E-state index in [-0.39, 0.29) is 19.0 Å². The van der Waals surface area contributed by atoms with Crippen molar-refractivity contribution in [2.45, 2.75) is 40.0 Å². The third-order valence-electron chi connectivity index (χ3n) is 4.47. The van der Waals surface area contributed by atoms with Crippen LogP contribution in [-0.2, 0) is 26.2 Å². The molecule has 0 atom stereocenters. The summed E-state index contributed by atoms with van der Waals surface area (Å²) >= 11 is 0. The van der Waals surface area contributed by atoms with Gasteiger partial charge in [0, 0.05) is 36.7 Å². The second kappa shape index (κ2) is 9.52. The first-order valence-electron chi connectivity index (χ1n) is 8.57. The number of nitrogens with zero attached hydrogens (tertiary/aromatic N) is 4. The lowest BCUT2D eigenvalue weighted by Crippen LogP contribution is -2.16. The Kier molecular flexibility index (Phi) is 7.38. The largest absolute Gasteiger partial charge is 0.394 e. The van der Waals surface area contributed by atoms with E-state index in [0.717, 1.165) is 31.0 Å². The van der Waals surface area contributed by atoms with Gasteiger partial charge in [0.25, 0.3) is 0 Å². The Morgan fingerprint density at radius 1 is 1.08 bits per heavy atom. The van der Waals surface area contributed by atoms with Gasteiger partial charge in [0.1, 0.15) is 0 Å². The van der Waals surface area contributed by atoms with Crippen molar-refractivity contribution in [1.29, 1.82) is 0 Å². The molecule has 0 fully saturated rings. The molecular formula is C19H26ClN5O. The Morgan fingerprint density at radius 2 is 1.85 bits per heavy atom. The van der Waals surface area contributed by atoms with E-state index < -0.39 is 0 Å². The summed E-state index contributed by atoms with van der Waals surface area (Å²) in [7, 11) is 0. The summed E-state index contributed by atoms with van der Waals surface area (Å²) in [6.45, 7) is 7.05. The molecule has 3 aromatic rings. The summed E-state index contributed by atoms with van der Waals surface area (Å²) in [5.41, 5.74) is 5.88. The Bertz CT molecular complexity index is 813. The molecule has 26 heavy (non-hydrogen) atoms. The third-order valence-corrected chi connectivity index (χ3v) is 4.47. The molecule has 1 aromatic carbocycles. The standard InChI is InChI=1S/C19H25N5O.ClH/c1-15-19(16(2)24(22-15)10-11-25)13-20-12-17-6-3-4-7-18(17)14-23-9-5-8-21-23;/h3-9,20,25H,10-14H2,1-2H3;1H. The zero-order valence-electron chi connectivity index (χ0n) is 15.2. The molecule has 0 saturated heterocycles. The van der Waals surface area contributed by atoms with Crippen LogP contribution < -0.4 is 5.32 Å². The summed E-state index contributed by atoms with van der Waals surface area (Å²) in [6.07, 6.45) is 3.78. The van der Waals surface area contributed by atoms with Crippen LogP contribution in [0.4, 0.5) is 0 Å². The maximum absolute atomic E-state index is 9.12. The monoisotopic (exact) mass is 375 g/mol. The molecule has 0 radical (unpaired) electrons. The second-order valence-electron chi connectivity index (χ2n) is 6.17. The highest BCUT2D eigenvalue weighted by atomic mass is 35.5. The highest BCUT2D eigenvalue weighted by Crippen LogP contribution is 2.14. The minimum atomic E-state index is 0. The van der Waals surface area contributed by atoms with Gasteiger partial charge in [0.2, 0.25) is 0 Å². The number of nitrogens with one attached hydrogen (secondary N) is 1. The molecule has 2 aromatic heterocycles. The second-order valence-corrected chi connectivity index (χ2v) is 6.17. The third kappa shape index (κ3) is 4.72. The SMILES string of the molecule is Cc1nn(CCO)c(C)c1CNCc1ccccc1Cn1cccn1.Cl. The molecule has 0 amide bonds. The molecule has 3 rings (SSSR count). The predicted molar refractivity (Wildman–Crippen MR) is 104 cm³/mol. The number of rotatable bonds is 8. The van der Waals surface area contributed by atoms with Crippen molar-refractivity contribution >= 4 is 12.4 Å². The van der Waals surface area contributed by atoms with Gasteiger partial charge in [-0.15, -0.1) is 12.4 Å². The Morgan fingerprint density at radius 3 is 2.54 bits per heavy atom. The summed E-state index contributed by atoms with van der Waals surface area (Å²) in [4.78, 5) is 0. The molecule has 0 bridgehead atoms. The smallest absolute Gasteiger partial charge is 0.0662 e. The van der Waals surface area contributed by atoms with Crippen molar-refractivity contribution in [2.75, 3.05) is 6.61 Å². The summed E-state index contributed by atoms with van der Waals surface area (Å²) in [5, 5.41) is 21.4. The van der Waals surface area contributed by atoms with Crippen LogP contribution in [0.25, 0.3) is 0 Å². The van der Waals surface area contributed by atoms with Crippen LogP contribution >= 0.6 is 12.4 Å². The van der Waals surface area contributed by atoms with E-state index in [2.05, 4.69) is 46.7 Å². The van der Waals surface area contributed by atoms with Crippen molar-refractivity contribution in [3.05, 3.63) is 70.8 Å². The zero-order valence-corrected chi connectivity index (χ0v) is 16.0. The Labute approximate surface area is 160 Å². The summed E-state index contributed by atoms with van der Waals surface area (Å²) in [6, 6.07) is 10.4. The maximum Gasteiger partial charge on any atom is 0.0662 e. The summed E-state index contributed by atoms with van der Waals surface area (Å²) < 4.78 is 3.81. The van der Waals surface area contributed by atoms with Gasteiger partial charge in [0.15, 0.2) is 0 Å². The molecule has 0 aliphatic rings. The van der Waals surface area contributed by atoms with Crippen molar-refractivity contribution in [3.63, 3.8) is 0 Å². The number of hydrogen-bond acceptors (Lipinski definition) is 4. The summed E-state index contributed by atoms with van der Waals surface area (Å²) in [5.74, 6) is 0. The van der Waals surface area contributed by atoms with Crippen LogP contribution in [0.2, 0.25) is 0 Å². The van der Waals surface area contributed by atoms with Gasteiger partial charge in [0.05, 0.1) is 25.4 Å². The molecule has 0 aliphatic heterocycles. The number of benzene rings is 1. The molecular weight excluding hydrogens is 350 g/mol. The first-order chi connectivity index (χ1) is 12.2. The van der Waals surface area contributed by atoms with Gasteiger partial charge in [-0.3, -0.25) is 9.36 Å². The quantitative estimate of drug-likeness (QED) is 0.634. The average Bonchev–Trinajstić information content (AvgIpc) is 3.20. The fourth-order valence-electron chi connectivity index (χ4n) is 3.08. The number of aliphatic hydroxyl groups is 1. The van der Waals surface area contributed by atoms with Crippen molar-refractivity contribution in [1.82, 2.24) is 24.9 Å². The van der Waals surface area contributed by atoms with Gasteiger partial charge < -0.3 is 10.4 Å². The van der Waals surface area contributed by atoms with Crippen molar-refractivity contribution in [2.24, 2.45) is 0 Å². The molecule has 0 saturated carbocycles. The highest BCUT2D eigenvalue weighted by molar-refractivity contribution is 5.85. The molecule has 0 unspecified atom stereocenters. The molecule has 6 nitrogen and oxygen atoms in total. The molecule has 0 aliphatic carbocycles. The molecule has 7 heteroatoms. The first-order valence-corrected chi connectivity index (χ1v) is 8.57. The minimum Gasteiger partial charge on any atom is -0.394 e. The van der Waals surface area contributed by atoms with Crippen LogP contribution in [0.5, 0.6) is 0 Å². The lowest BCUT2D eigenvalue weighted by atomic mass is 10.1. The molecule has 2 N–H and O–H groups in total. The normalized spacial score (nSPS) is 10.7. The fourth-order valence-corrected chi connectivity index (χ4v) is 3.08. The van der Waals surface area contributed by atoms with E-state index in [9.17, 15) is 0 Å². The number of halogens is 1. The van der Waals surface area contributed by atoms with E-state index in [1.165, 1.54) is 16.7 Å².